The average molecular weight is 359 g/mol. The van der Waals surface area contributed by atoms with E-state index in [-0.39, 0.29) is 0 Å². The summed E-state index contributed by atoms with van der Waals surface area (Å²) in [6.07, 6.45) is 0. The number of benzene rings is 2. The summed E-state index contributed by atoms with van der Waals surface area (Å²) in [4.78, 5) is 9.28. The van der Waals surface area contributed by atoms with Gasteiger partial charge in [-0.15, -0.1) is 10.6 Å². The Bertz CT molecular complexity index is 1170. The Morgan fingerprint density at radius 3 is 2.59 bits per heavy atom. The van der Waals surface area contributed by atoms with Crippen molar-refractivity contribution < 1.29 is 4.74 Å². The van der Waals surface area contributed by atoms with Gasteiger partial charge in [-0.05, 0) is 24.3 Å². The number of aromatic nitrogens is 3. The van der Waals surface area contributed by atoms with Crippen LogP contribution in [-0.4, -0.2) is 32.6 Å². The highest BCUT2D eigenvalue weighted by molar-refractivity contribution is 5.93. The molecule has 8 nitrogen and oxygen atoms in total. The maximum absolute atomic E-state index is 6.04. The molecule has 1 aliphatic heterocycles. The molecule has 2 aromatic heterocycles. The fourth-order valence-corrected chi connectivity index (χ4v) is 3.10. The van der Waals surface area contributed by atoms with Crippen LogP contribution >= 0.6 is 0 Å². The van der Waals surface area contributed by atoms with E-state index in [1.54, 1.807) is 5.01 Å². The number of rotatable bonds is 3. The Balaban J connectivity index is 1.50. The normalized spacial score (nSPS) is 13.8. The summed E-state index contributed by atoms with van der Waals surface area (Å²) >= 11 is 0. The number of hydrazine groups is 2. The summed E-state index contributed by atoms with van der Waals surface area (Å²) < 4.78 is 7.91. The molecule has 5 rings (SSSR count). The topological polar surface area (TPSA) is 79.6 Å². The number of ether oxygens (including phenoxy) is 1. The number of nitrogens with one attached hydrogen (secondary N) is 2. The number of para-hydroxylation sites is 3. The fourth-order valence-electron chi connectivity index (χ4n) is 3.10. The molecule has 2 aromatic carbocycles. The molecule has 3 heterocycles. The van der Waals surface area contributed by atoms with Crippen LogP contribution in [0.4, 0.5) is 0 Å². The monoisotopic (exact) mass is 359 g/mol. The van der Waals surface area contributed by atoms with Crippen LogP contribution in [0.2, 0.25) is 0 Å². The summed E-state index contributed by atoms with van der Waals surface area (Å²) in [5.74, 6) is 0.644. The second-order valence-electron chi connectivity index (χ2n) is 6.20. The third-order valence-electron chi connectivity index (χ3n) is 4.41. The van der Waals surface area contributed by atoms with E-state index in [9.17, 15) is 0 Å². The Morgan fingerprint density at radius 2 is 1.74 bits per heavy atom. The highest BCUT2D eigenvalue weighted by atomic mass is 16.5. The molecule has 0 unspecified atom stereocenters. The first kappa shape index (κ1) is 15.6. The lowest BCUT2D eigenvalue weighted by molar-refractivity contribution is 0.271. The molecular formula is C19H17N7O. The molecular weight excluding hydrogens is 342 g/mol. The SMILES string of the molecule is CN1NNN=C1n1c(OCc2ccc3ccccc3n2)nc2ccccc21. The molecule has 134 valence electrons. The van der Waals surface area contributed by atoms with Crippen molar-refractivity contribution in [3.8, 4) is 6.01 Å². The zero-order valence-electron chi connectivity index (χ0n) is 14.6. The highest BCUT2D eigenvalue weighted by Crippen LogP contribution is 2.23. The Labute approximate surface area is 155 Å². The maximum Gasteiger partial charge on any atom is 0.304 e. The Hall–Kier alpha value is -3.65. The summed E-state index contributed by atoms with van der Waals surface area (Å²) in [5, 5.41) is 7.14. The molecule has 27 heavy (non-hydrogen) atoms. The highest BCUT2D eigenvalue weighted by Gasteiger charge is 2.22. The van der Waals surface area contributed by atoms with Gasteiger partial charge in [0.25, 0.3) is 0 Å². The van der Waals surface area contributed by atoms with Crippen molar-refractivity contribution >= 4 is 27.9 Å². The summed E-state index contributed by atoms with van der Waals surface area (Å²) in [6, 6.07) is 20.3. The van der Waals surface area contributed by atoms with Gasteiger partial charge in [0.2, 0.25) is 5.96 Å². The van der Waals surface area contributed by atoms with E-state index < -0.39 is 0 Å². The number of hydrogen-bond donors (Lipinski definition) is 2. The molecule has 0 bridgehead atoms. The molecule has 0 atom stereocenters. The summed E-state index contributed by atoms with van der Waals surface area (Å²) in [7, 11) is 1.86. The average Bonchev–Trinajstić information content (AvgIpc) is 3.28. The Kier molecular flexibility index (Phi) is 3.61. The fraction of sp³-hybridized carbons (Fsp3) is 0.105. The molecule has 0 saturated heterocycles. The predicted octanol–water partition coefficient (Wildman–Crippen LogP) is 2.24. The van der Waals surface area contributed by atoms with E-state index >= 15 is 0 Å². The lowest BCUT2D eigenvalue weighted by atomic mass is 10.2. The molecule has 0 amide bonds. The first-order valence-electron chi connectivity index (χ1n) is 8.57. The van der Waals surface area contributed by atoms with Gasteiger partial charge < -0.3 is 4.74 Å². The van der Waals surface area contributed by atoms with Gasteiger partial charge in [-0.3, -0.25) is 5.01 Å². The zero-order chi connectivity index (χ0) is 18.2. The molecule has 1 aliphatic rings. The van der Waals surface area contributed by atoms with E-state index in [0.717, 1.165) is 27.6 Å². The van der Waals surface area contributed by atoms with Gasteiger partial charge in [0, 0.05) is 12.4 Å². The van der Waals surface area contributed by atoms with Gasteiger partial charge in [-0.1, -0.05) is 36.4 Å². The van der Waals surface area contributed by atoms with Crippen LogP contribution in [0.5, 0.6) is 6.01 Å². The van der Waals surface area contributed by atoms with Gasteiger partial charge in [0.05, 0.1) is 22.2 Å². The second kappa shape index (κ2) is 6.26. The van der Waals surface area contributed by atoms with Crippen molar-refractivity contribution in [1.82, 2.24) is 30.6 Å². The van der Waals surface area contributed by atoms with Crippen LogP contribution in [0.3, 0.4) is 0 Å². The van der Waals surface area contributed by atoms with Crippen LogP contribution < -0.4 is 15.8 Å². The molecule has 0 radical (unpaired) electrons. The van der Waals surface area contributed by atoms with Crippen molar-refractivity contribution in [2.75, 3.05) is 7.05 Å². The zero-order valence-corrected chi connectivity index (χ0v) is 14.6. The van der Waals surface area contributed by atoms with E-state index in [1.807, 2.05) is 72.3 Å². The lowest BCUT2D eigenvalue weighted by Crippen LogP contribution is -2.39. The quantitative estimate of drug-likeness (QED) is 0.584. The van der Waals surface area contributed by atoms with Crippen LogP contribution in [0.1, 0.15) is 5.69 Å². The second-order valence-corrected chi connectivity index (χ2v) is 6.20. The van der Waals surface area contributed by atoms with E-state index in [1.165, 1.54) is 0 Å². The van der Waals surface area contributed by atoms with Crippen LogP contribution in [0, 0.1) is 0 Å². The molecule has 0 aliphatic carbocycles. The molecule has 8 heteroatoms. The van der Waals surface area contributed by atoms with Crippen molar-refractivity contribution in [3.63, 3.8) is 0 Å². The van der Waals surface area contributed by atoms with Gasteiger partial charge in [0.15, 0.2) is 0 Å². The van der Waals surface area contributed by atoms with Crippen molar-refractivity contribution in [3.05, 3.63) is 66.4 Å². The summed E-state index contributed by atoms with van der Waals surface area (Å²) in [5.41, 5.74) is 9.18. The third-order valence-corrected chi connectivity index (χ3v) is 4.41. The molecule has 4 aromatic rings. The van der Waals surface area contributed by atoms with Gasteiger partial charge >= 0.3 is 6.01 Å². The van der Waals surface area contributed by atoms with Crippen LogP contribution in [0.25, 0.3) is 21.9 Å². The first-order valence-corrected chi connectivity index (χ1v) is 8.57. The van der Waals surface area contributed by atoms with Gasteiger partial charge in [-0.2, -0.15) is 4.98 Å². The molecule has 0 spiro atoms. The smallest absolute Gasteiger partial charge is 0.304 e. The number of pyridine rings is 1. The van der Waals surface area contributed by atoms with Gasteiger partial charge in [0.1, 0.15) is 6.61 Å². The minimum Gasteiger partial charge on any atom is -0.458 e. The standard InChI is InChI=1S/C19H17N7O/c1-25-18(22-23-24-25)26-17-9-5-4-8-16(17)21-19(26)27-12-14-11-10-13-6-2-3-7-15(13)20-14/h2-11,23-24H,12H2,1H3. The van der Waals surface area contributed by atoms with E-state index in [4.69, 9.17) is 4.74 Å². The van der Waals surface area contributed by atoms with Crippen molar-refractivity contribution in [1.29, 1.82) is 0 Å². The maximum atomic E-state index is 6.04. The largest absolute Gasteiger partial charge is 0.458 e. The third kappa shape index (κ3) is 2.72. The number of hydrogen-bond acceptors (Lipinski definition) is 7. The summed E-state index contributed by atoms with van der Waals surface area (Å²) in [6.45, 7) is 0.312. The van der Waals surface area contributed by atoms with Crippen LogP contribution in [0.15, 0.2) is 65.8 Å². The van der Waals surface area contributed by atoms with Gasteiger partial charge in [-0.25, -0.2) is 15.1 Å². The number of fused-ring (bicyclic) bond motifs is 2. The first-order chi connectivity index (χ1) is 13.3. The van der Waals surface area contributed by atoms with Crippen molar-refractivity contribution in [2.45, 2.75) is 6.61 Å². The van der Waals surface area contributed by atoms with E-state index in [0.29, 0.717) is 18.6 Å². The Morgan fingerprint density at radius 1 is 0.926 bits per heavy atom. The van der Waals surface area contributed by atoms with E-state index in [2.05, 4.69) is 26.1 Å². The molecule has 0 fully saturated rings. The van der Waals surface area contributed by atoms with Crippen LogP contribution in [-0.2, 0) is 6.61 Å². The minimum absolute atomic E-state index is 0.312. The number of imidazole rings is 1. The lowest BCUT2D eigenvalue weighted by Gasteiger charge is -2.15. The number of hydrazone groups is 1. The van der Waals surface area contributed by atoms with Crippen molar-refractivity contribution in [2.24, 2.45) is 5.10 Å². The number of nitrogens with zero attached hydrogens (tertiary/aromatic N) is 5. The minimum atomic E-state index is 0.312. The molecule has 0 saturated carbocycles. The molecule has 2 N–H and O–H groups in total. The predicted molar refractivity (Wildman–Crippen MR) is 103 cm³/mol.